The van der Waals surface area contributed by atoms with Crippen molar-refractivity contribution in [3.05, 3.63) is 10.9 Å². The Morgan fingerprint density at radius 1 is 1.53 bits per heavy atom. The van der Waals surface area contributed by atoms with Crippen LogP contribution in [0.1, 0.15) is 6.42 Å². The number of fused-ring (bicyclic) bond motifs is 1. The number of halogens is 1. The van der Waals surface area contributed by atoms with Crippen molar-refractivity contribution in [1.82, 2.24) is 19.7 Å². The lowest BCUT2D eigenvalue weighted by Crippen LogP contribution is -2.19. The molecule has 0 radical (unpaired) electrons. The molecule has 0 bridgehead atoms. The summed E-state index contributed by atoms with van der Waals surface area (Å²) in [5, 5.41) is 13.7. The Kier molecular flexibility index (Phi) is 3.24. The lowest BCUT2D eigenvalue weighted by atomic mass is 10.3. The first kappa shape index (κ1) is 11.8. The Morgan fingerprint density at radius 3 is 3.00 bits per heavy atom. The van der Waals surface area contributed by atoms with Gasteiger partial charge in [0.15, 0.2) is 5.65 Å². The van der Waals surface area contributed by atoms with Crippen LogP contribution in [0.15, 0.2) is 10.9 Å². The van der Waals surface area contributed by atoms with E-state index in [1.165, 1.54) is 6.33 Å². The van der Waals surface area contributed by atoms with Crippen molar-refractivity contribution in [3.63, 3.8) is 0 Å². The zero-order valence-corrected chi connectivity index (χ0v) is 11.1. The summed E-state index contributed by atoms with van der Waals surface area (Å²) in [5.41, 5.74) is 0.769. The van der Waals surface area contributed by atoms with Gasteiger partial charge in [0.1, 0.15) is 16.7 Å². The second kappa shape index (κ2) is 4.67. The third-order valence-electron chi connectivity index (χ3n) is 2.48. The molecule has 88 valence electrons. The number of anilines is 1. The van der Waals surface area contributed by atoms with E-state index in [0.717, 1.165) is 21.5 Å². The van der Waals surface area contributed by atoms with Gasteiger partial charge in [-0.15, -0.1) is 0 Å². The van der Waals surface area contributed by atoms with Crippen molar-refractivity contribution >= 4 is 32.8 Å². The summed E-state index contributed by atoms with van der Waals surface area (Å²) < 4.78 is 2.41. The van der Waals surface area contributed by atoms with Crippen molar-refractivity contribution in [2.45, 2.75) is 6.42 Å². The smallest absolute Gasteiger partial charge is 0.164 e. The molecule has 2 heterocycles. The van der Waals surface area contributed by atoms with E-state index in [2.05, 4.69) is 37.1 Å². The highest BCUT2D eigenvalue weighted by molar-refractivity contribution is 9.10. The van der Waals surface area contributed by atoms with Crippen LogP contribution in [-0.2, 0) is 7.05 Å². The lowest BCUT2D eigenvalue weighted by Gasteiger charge is -2.16. The average Bonchev–Trinajstić information content (AvgIpc) is 2.62. The van der Waals surface area contributed by atoms with Gasteiger partial charge in [-0.2, -0.15) is 10.4 Å². The second-order valence-corrected chi connectivity index (χ2v) is 4.39. The first-order valence-corrected chi connectivity index (χ1v) is 5.85. The van der Waals surface area contributed by atoms with Crippen molar-refractivity contribution in [3.8, 4) is 6.07 Å². The maximum absolute atomic E-state index is 8.60. The van der Waals surface area contributed by atoms with Crippen LogP contribution in [0.25, 0.3) is 11.0 Å². The first-order chi connectivity index (χ1) is 8.15. The van der Waals surface area contributed by atoms with Crippen LogP contribution in [0.2, 0.25) is 0 Å². The Balaban J connectivity index is 2.51. The van der Waals surface area contributed by atoms with Gasteiger partial charge in [-0.1, -0.05) is 0 Å². The van der Waals surface area contributed by atoms with Crippen LogP contribution in [0.3, 0.4) is 0 Å². The number of hydrogen-bond donors (Lipinski definition) is 0. The Labute approximate surface area is 107 Å². The molecule has 17 heavy (non-hydrogen) atoms. The fraction of sp³-hybridized carbons (Fsp3) is 0.400. The summed E-state index contributed by atoms with van der Waals surface area (Å²) in [6.45, 7) is 0.629. The van der Waals surface area contributed by atoms with E-state index in [4.69, 9.17) is 5.26 Å². The molecule has 0 atom stereocenters. The number of aromatic nitrogens is 4. The van der Waals surface area contributed by atoms with Crippen molar-refractivity contribution in [1.29, 1.82) is 5.26 Å². The highest BCUT2D eigenvalue weighted by atomic mass is 79.9. The molecule has 7 heteroatoms. The maximum atomic E-state index is 8.60. The van der Waals surface area contributed by atoms with Gasteiger partial charge in [0.05, 0.1) is 17.9 Å². The third kappa shape index (κ3) is 2.08. The molecule has 0 N–H and O–H groups in total. The fourth-order valence-electron chi connectivity index (χ4n) is 1.64. The highest BCUT2D eigenvalue weighted by Gasteiger charge is 2.15. The molecule has 0 aliphatic rings. The molecule has 0 saturated heterocycles. The standard InChI is InChI=1S/C10H11BrN6/c1-16(5-3-4-12)9-7-8(11)15-17(2)10(7)14-6-13-9/h6H,3,5H2,1-2H3. The summed E-state index contributed by atoms with van der Waals surface area (Å²) in [5.74, 6) is 0.783. The monoisotopic (exact) mass is 294 g/mol. The summed E-state index contributed by atoms with van der Waals surface area (Å²) in [7, 11) is 3.73. The van der Waals surface area contributed by atoms with Crippen molar-refractivity contribution in [2.75, 3.05) is 18.5 Å². The number of nitrogens with zero attached hydrogens (tertiary/aromatic N) is 6. The van der Waals surface area contributed by atoms with E-state index in [1.54, 1.807) is 4.68 Å². The van der Waals surface area contributed by atoms with E-state index < -0.39 is 0 Å². The summed E-state index contributed by atoms with van der Waals surface area (Å²) in [6, 6.07) is 2.12. The molecule has 0 aliphatic carbocycles. The highest BCUT2D eigenvalue weighted by Crippen LogP contribution is 2.28. The molecule has 0 spiro atoms. The Bertz CT molecular complexity index is 584. The predicted octanol–water partition coefficient (Wildman–Crippen LogP) is 1.48. The molecule has 2 aromatic heterocycles. The molecule has 0 saturated carbocycles. The van der Waals surface area contributed by atoms with Gasteiger partial charge in [-0.3, -0.25) is 0 Å². The minimum atomic E-state index is 0.458. The molecule has 0 aromatic carbocycles. The van der Waals surface area contributed by atoms with E-state index in [1.807, 2.05) is 19.0 Å². The van der Waals surface area contributed by atoms with Crippen molar-refractivity contribution < 1.29 is 0 Å². The molecule has 0 amide bonds. The Morgan fingerprint density at radius 2 is 2.29 bits per heavy atom. The lowest BCUT2D eigenvalue weighted by molar-refractivity contribution is 0.777. The summed E-state index contributed by atoms with van der Waals surface area (Å²) >= 11 is 3.40. The van der Waals surface area contributed by atoms with E-state index >= 15 is 0 Å². The SMILES string of the molecule is CN(CCC#N)c1ncnc2c1c(Br)nn2C. The van der Waals surface area contributed by atoms with Gasteiger partial charge in [0, 0.05) is 20.6 Å². The molecule has 0 aliphatic heterocycles. The predicted molar refractivity (Wildman–Crippen MR) is 67.5 cm³/mol. The molecule has 2 aromatic rings. The zero-order chi connectivity index (χ0) is 12.4. The van der Waals surface area contributed by atoms with Gasteiger partial charge in [-0.05, 0) is 15.9 Å². The quantitative estimate of drug-likeness (QED) is 0.857. The number of aryl methyl sites for hydroxylation is 1. The average molecular weight is 295 g/mol. The second-order valence-electron chi connectivity index (χ2n) is 3.64. The normalized spacial score (nSPS) is 10.5. The summed E-state index contributed by atoms with van der Waals surface area (Å²) in [4.78, 5) is 10.4. The summed E-state index contributed by atoms with van der Waals surface area (Å²) in [6.07, 6.45) is 1.97. The molecular formula is C10H11BrN6. The van der Waals surface area contributed by atoms with E-state index in [-0.39, 0.29) is 0 Å². The van der Waals surface area contributed by atoms with Crippen LogP contribution in [0.4, 0.5) is 5.82 Å². The van der Waals surface area contributed by atoms with Crippen LogP contribution in [0.5, 0.6) is 0 Å². The van der Waals surface area contributed by atoms with Crippen LogP contribution in [0, 0.1) is 11.3 Å². The number of rotatable bonds is 3. The van der Waals surface area contributed by atoms with Crippen LogP contribution in [-0.4, -0.2) is 33.3 Å². The van der Waals surface area contributed by atoms with Gasteiger partial charge >= 0.3 is 0 Å². The third-order valence-corrected chi connectivity index (χ3v) is 3.03. The number of nitriles is 1. The minimum Gasteiger partial charge on any atom is -0.358 e. The van der Waals surface area contributed by atoms with Gasteiger partial charge in [0.25, 0.3) is 0 Å². The number of hydrogen-bond acceptors (Lipinski definition) is 5. The van der Waals surface area contributed by atoms with E-state index in [0.29, 0.717) is 13.0 Å². The van der Waals surface area contributed by atoms with Gasteiger partial charge in [0.2, 0.25) is 0 Å². The van der Waals surface area contributed by atoms with Crippen LogP contribution >= 0.6 is 15.9 Å². The molecule has 2 rings (SSSR count). The fourth-order valence-corrected chi connectivity index (χ4v) is 2.23. The maximum Gasteiger partial charge on any atom is 0.164 e. The molecular weight excluding hydrogens is 284 g/mol. The van der Waals surface area contributed by atoms with Crippen LogP contribution < -0.4 is 4.90 Å². The minimum absolute atomic E-state index is 0.458. The Hall–Kier alpha value is -1.68. The molecule has 6 nitrogen and oxygen atoms in total. The topological polar surface area (TPSA) is 70.6 Å². The zero-order valence-electron chi connectivity index (χ0n) is 9.55. The molecule has 0 unspecified atom stereocenters. The largest absolute Gasteiger partial charge is 0.358 e. The van der Waals surface area contributed by atoms with Gasteiger partial charge in [-0.25, -0.2) is 14.6 Å². The van der Waals surface area contributed by atoms with Gasteiger partial charge < -0.3 is 4.90 Å². The van der Waals surface area contributed by atoms with E-state index in [9.17, 15) is 0 Å². The first-order valence-electron chi connectivity index (χ1n) is 5.06. The molecule has 0 fully saturated rings. The van der Waals surface area contributed by atoms with Crippen molar-refractivity contribution in [2.24, 2.45) is 7.05 Å².